The van der Waals surface area contributed by atoms with Gasteiger partial charge in [-0.15, -0.1) is 11.3 Å². The smallest absolute Gasteiger partial charge is 0.141 e. The molecule has 1 heterocycles. The Kier molecular flexibility index (Phi) is 4.10. The molecule has 0 saturated carbocycles. The van der Waals surface area contributed by atoms with Crippen molar-refractivity contribution in [3.05, 3.63) is 58.3 Å². The van der Waals surface area contributed by atoms with Crippen molar-refractivity contribution in [1.82, 2.24) is 0 Å². The van der Waals surface area contributed by atoms with Crippen LogP contribution in [0.4, 0.5) is 0 Å². The van der Waals surface area contributed by atoms with Crippen molar-refractivity contribution in [2.24, 2.45) is 0 Å². The number of benzene rings is 1. The maximum Gasteiger partial charge on any atom is 0.141 e. The van der Waals surface area contributed by atoms with Crippen LogP contribution in [0, 0.1) is 0 Å². The zero-order valence-corrected chi connectivity index (χ0v) is 10.7. The van der Waals surface area contributed by atoms with Crippen molar-refractivity contribution in [3.8, 4) is 0 Å². The molecule has 0 amide bonds. The van der Waals surface area contributed by atoms with Crippen LogP contribution in [0.1, 0.15) is 29.7 Å². The van der Waals surface area contributed by atoms with Crippen molar-refractivity contribution in [3.63, 3.8) is 0 Å². The fraction of sp³-hybridized carbons (Fsp3) is 0.267. The Balaban J connectivity index is 1.90. The van der Waals surface area contributed by atoms with Crippen molar-refractivity contribution in [1.29, 1.82) is 0 Å². The molecule has 0 radical (unpaired) electrons. The standard InChI is InChI=1S/C15H16OS/c1-12(15-8-5-11-17-15)14(16)10-9-13-6-3-2-4-7-13/h2-8,11-12H,9-10H2,1H3/t12-/m0/s1. The first-order valence-corrected chi connectivity index (χ1v) is 6.75. The first kappa shape index (κ1) is 12.1. The van der Waals surface area contributed by atoms with Crippen LogP contribution in [0.3, 0.4) is 0 Å². The number of aryl methyl sites for hydroxylation is 1. The van der Waals surface area contributed by atoms with Gasteiger partial charge >= 0.3 is 0 Å². The average molecular weight is 244 g/mol. The van der Waals surface area contributed by atoms with Crippen molar-refractivity contribution in [2.45, 2.75) is 25.7 Å². The van der Waals surface area contributed by atoms with E-state index in [0.717, 1.165) is 6.42 Å². The molecule has 1 atom stereocenters. The van der Waals surface area contributed by atoms with Crippen LogP contribution in [0.15, 0.2) is 47.8 Å². The van der Waals surface area contributed by atoms with Crippen molar-refractivity contribution in [2.75, 3.05) is 0 Å². The average Bonchev–Trinajstić information content (AvgIpc) is 2.90. The maximum absolute atomic E-state index is 12.0. The molecular weight excluding hydrogens is 228 g/mol. The molecule has 2 rings (SSSR count). The highest BCUT2D eigenvalue weighted by Gasteiger charge is 2.15. The molecule has 1 aromatic carbocycles. The third-order valence-corrected chi connectivity index (χ3v) is 4.01. The van der Waals surface area contributed by atoms with Gasteiger partial charge in [0.25, 0.3) is 0 Å². The number of Topliss-reactive ketones (excluding diaryl/α,β-unsaturated/α-hetero) is 1. The van der Waals surface area contributed by atoms with Gasteiger partial charge in [-0.1, -0.05) is 43.3 Å². The molecule has 0 N–H and O–H groups in total. The largest absolute Gasteiger partial charge is 0.299 e. The Morgan fingerprint density at radius 1 is 1.18 bits per heavy atom. The number of thiophene rings is 1. The van der Waals surface area contributed by atoms with Crippen LogP contribution >= 0.6 is 11.3 Å². The Morgan fingerprint density at radius 2 is 1.94 bits per heavy atom. The van der Waals surface area contributed by atoms with Crippen LogP contribution in [0.25, 0.3) is 0 Å². The summed E-state index contributed by atoms with van der Waals surface area (Å²) in [6.07, 6.45) is 1.47. The SMILES string of the molecule is C[C@@H](C(=O)CCc1ccccc1)c1cccs1. The quantitative estimate of drug-likeness (QED) is 0.775. The number of hydrogen-bond donors (Lipinski definition) is 0. The van der Waals surface area contributed by atoms with E-state index in [9.17, 15) is 4.79 Å². The van der Waals surface area contributed by atoms with Crippen molar-refractivity contribution < 1.29 is 4.79 Å². The van der Waals surface area contributed by atoms with Gasteiger partial charge in [0.05, 0.1) is 0 Å². The highest BCUT2D eigenvalue weighted by atomic mass is 32.1. The lowest BCUT2D eigenvalue weighted by atomic mass is 9.98. The van der Waals surface area contributed by atoms with Gasteiger partial charge in [-0.3, -0.25) is 4.79 Å². The lowest BCUT2D eigenvalue weighted by Gasteiger charge is -2.08. The summed E-state index contributed by atoms with van der Waals surface area (Å²) in [5, 5.41) is 2.02. The Bertz CT molecular complexity index is 459. The second-order valence-electron chi connectivity index (χ2n) is 4.19. The van der Waals surface area contributed by atoms with Crippen LogP contribution in [-0.4, -0.2) is 5.78 Å². The van der Waals surface area contributed by atoms with Crippen molar-refractivity contribution >= 4 is 17.1 Å². The van der Waals surface area contributed by atoms with Crippen LogP contribution < -0.4 is 0 Å². The molecule has 2 heteroatoms. The molecule has 0 bridgehead atoms. The second-order valence-corrected chi connectivity index (χ2v) is 5.17. The topological polar surface area (TPSA) is 17.1 Å². The van der Waals surface area contributed by atoms with E-state index < -0.39 is 0 Å². The van der Waals surface area contributed by atoms with E-state index in [1.54, 1.807) is 11.3 Å². The third-order valence-electron chi connectivity index (χ3n) is 2.96. The molecule has 0 aliphatic heterocycles. The van der Waals surface area contributed by atoms with E-state index in [4.69, 9.17) is 0 Å². The molecule has 88 valence electrons. The number of rotatable bonds is 5. The van der Waals surface area contributed by atoms with Gasteiger partial charge in [0.15, 0.2) is 0 Å². The summed E-state index contributed by atoms with van der Waals surface area (Å²) < 4.78 is 0. The molecule has 17 heavy (non-hydrogen) atoms. The van der Waals surface area contributed by atoms with Crippen LogP contribution in [0.5, 0.6) is 0 Å². The molecule has 0 saturated heterocycles. The first-order valence-electron chi connectivity index (χ1n) is 5.87. The van der Waals surface area contributed by atoms with Gasteiger partial charge in [0.1, 0.15) is 5.78 Å². The number of ketones is 1. The zero-order chi connectivity index (χ0) is 12.1. The molecule has 1 aromatic heterocycles. The van der Waals surface area contributed by atoms with Gasteiger partial charge in [-0.05, 0) is 23.4 Å². The minimum atomic E-state index is 0.0405. The summed E-state index contributed by atoms with van der Waals surface area (Å²) in [7, 11) is 0. The Labute approximate surface area is 106 Å². The molecule has 2 aromatic rings. The summed E-state index contributed by atoms with van der Waals surface area (Å²) >= 11 is 1.66. The Hall–Kier alpha value is -1.41. The normalized spacial score (nSPS) is 12.3. The summed E-state index contributed by atoms with van der Waals surface area (Å²) in [5.41, 5.74) is 1.24. The molecule has 0 fully saturated rings. The van der Waals surface area contributed by atoms with Gasteiger partial charge in [0, 0.05) is 17.2 Å². The molecule has 1 nitrogen and oxygen atoms in total. The number of hydrogen-bond acceptors (Lipinski definition) is 2. The maximum atomic E-state index is 12.0. The third kappa shape index (κ3) is 3.27. The highest BCUT2D eigenvalue weighted by Crippen LogP contribution is 2.23. The fourth-order valence-electron chi connectivity index (χ4n) is 1.83. The fourth-order valence-corrected chi connectivity index (χ4v) is 2.63. The molecule has 0 aliphatic rings. The van der Waals surface area contributed by atoms with E-state index in [1.165, 1.54) is 10.4 Å². The predicted molar refractivity (Wildman–Crippen MR) is 72.5 cm³/mol. The van der Waals surface area contributed by atoms with E-state index >= 15 is 0 Å². The monoisotopic (exact) mass is 244 g/mol. The number of carbonyl (C=O) groups excluding carboxylic acids is 1. The van der Waals surface area contributed by atoms with E-state index in [2.05, 4.69) is 12.1 Å². The zero-order valence-electron chi connectivity index (χ0n) is 9.93. The highest BCUT2D eigenvalue weighted by molar-refractivity contribution is 7.10. The lowest BCUT2D eigenvalue weighted by molar-refractivity contribution is -0.120. The van der Waals surface area contributed by atoms with E-state index in [1.807, 2.05) is 42.6 Å². The van der Waals surface area contributed by atoms with E-state index in [-0.39, 0.29) is 5.92 Å². The van der Waals surface area contributed by atoms with Gasteiger partial charge in [0.2, 0.25) is 0 Å². The summed E-state index contributed by atoms with van der Waals surface area (Å²) in [5.74, 6) is 0.370. The number of carbonyl (C=O) groups is 1. The predicted octanol–water partition coefficient (Wildman–Crippen LogP) is 4.05. The molecule has 0 unspecified atom stereocenters. The van der Waals surface area contributed by atoms with Crippen LogP contribution in [0.2, 0.25) is 0 Å². The second kappa shape index (κ2) is 5.78. The molecule has 0 aliphatic carbocycles. The summed E-state index contributed by atoms with van der Waals surface area (Å²) in [6, 6.07) is 14.2. The lowest BCUT2D eigenvalue weighted by Crippen LogP contribution is -2.08. The Morgan fingerprint density at radius 3 is 2.59 bits per heavy atom. The van der Waals surface area contributed by atoms with Gasteiger partial charge in [-0.25, -0.2) is 0 Å². The summed E-state index contributed by atoms with van der Waals surface area (Å²) in [4.78, 5) is 13.2. The summed E-state index contributed by atoms with van der Waals surface area (Å²) in [6.45, 7) is 2.00. The van der Waals surface area contributed by atoms with Crippen LogP contribution in [-0.2, 0) is 11.2 Å². The molecule has 0 spiro atoms. The van der Waals surface area contributed by atoms with E-state index in [0.29, 0.717) is 12.2 Å². The van der Waals surface area contributed by atoms with Gasteiger partial charge < -0.3 is 0 Å². The van der Waals surface area contributed by atoms with Gasteiger partial charge in [-0.2, -0.15) is 0 Å². The minimum absolute atomic E-state index is 0.0405. The minimum Gasteiger partial charge on any atom is -0.299 e. The first-order chi connectivity index (χ1) is 8.27. The molecular formula is C15H16OS.